The van der Waals surface area contributed by atoms with Gasteiger partial charge in [-0.2, -0.15) is 5.48 Å². The van der Waals surface area contributed by atoms with E-state index in [1.807, 2.05) is 0 Å². The average molecular weight is 281 g/mol. The van der Waals surface area contributed by atoms with Gasteiger partial charge in [-0.15, -0.1) is 0 Å². The van der Waals surface area contributed by atoms with Gasteiger partial charge in [-0.25, -0.2) is 4.79 Å². The topological polar surface area (TPSA) is 84.9 Å². The summed E-state index contributed by atoms with van der Waals surface area (Å²) in [4.78, 5) is 27.4. The van der Waals surface area contributed by atoms with E-state index in [-0.39, 0.29) is 13.2 Å². The minimum absolute atomic E-state index is 0.0721. The Morgan fingerprint density at radius 2 is 1.90 bits per heavy atom. The Hall–Kier alpha value is -1.92. The predicted octanol–water partition coefficient (Wildman–Crippen LogP) is 1.75. The molecule has 1 aromatic rings. The van der Waals surface area contributed by atoms with E-state index in [2.05, 4.69) is 5.48 Å². The summed E-state index contributed by atoms with van der Waals surface area (Å²) in [5.41, 5.74) is 2.75. The quantitative estimate of drug-likeness (QED) is 0.469. The zero-order valence-corrected chi connectivity index (χ0v) is 11.8. The van der Waals surface area contributed by atoms with E-state index in [9.17, 15) is 9.59 Å². The van der Waals surface area contributed by atoms with E-state index in [1.165, 1.54) is 0 Å². The Bertz CT molecular complexity index is 479. The first kappa shape index (κ1) is 16.1. The molecular formula is C14H19NO5. The largest absolute Gasteiger partial charge is 0.480 e. The molecule has 110 valence electrons. The Kier molecular flexibility index (Phi) is 5.66. The minimum atomic E-state index is -1.02. The number of esters is 1. The Balaban J connectivity index is 2.68. The molecule has 0 atom stereocenters. The zero-order chi connectivity index (χ0) is 15.2. The number of hydroxylamine groups is 1. The predicted molar refractivity (Wildman–Crippen MR) is 72.0 cm³/mol. The molecule has 0 aliphatic rings. The third kappa shape index (κ3) is 5.81. The highest BCUT2D eigenvalue weighted by Gasteiger charge is 2.20. The van der Waals surface area contributed by atoms with Crippen LogP contribution < -0.4 is 5.48 Å². The second-order valence-corrected chi connectivity index (χ2v) is 5.16. The Morgan fingerprint density at radius 1 is 1.25 bits per heavy atom. The molecule has 0 unspecified atom stereocenters. The maximum Gasteiger partial charge on any atom is 0.339 e. The third-order valence-corrected chi connectivity index (χ3v) is 2.19. The fraction of sp³-hybridized carbons (Fsp3) is 0.429. The van der Waals surface area contributed by atoms with Gasteiger partial charge in [0, 0.05) is 0 Å². The average Bonchev–Trinajstić information content (AvgIpc) is 2.32. The van der Waals surface area contributed by atoms with Crippen molar-refractivity contribution in [2.45, 2.75) is 33.0 Å². The van der Waals surface area contributed by atoms with Gasteiger partial charge in [0.2, 0.25) is 0 Å². The molecule has 0 aromatic heterocycles. The maximum atomic E-state index is 12.0. The van der Waals surface area contributed by atoms with Gasteiger partial charge in [0.05, 0.1) is 12.2 Å². The maximum absolute atomic E-state index is 12.0. The number of benzene rings is 1. The van der Waals surface area contributed by atoms with Crippen LogP contribution >= 0.6 is 0 Å². The molecule has 2 N–H and O–H groups in total. The number of aliphatic carboxylic acids is 1. The molecule has 0 aliphatic carbocycles. The van der Waals surface area contributed by atoms with E-state index < -0.39 is 17.5 Å². The second-order valence-electron chi connectivity index (χ2n) is 5.16. The first-order valence-corrected chi connectivity index (χ1v) is 6.17. The van der Waals surface area contributed by atoms with Gasteiger partial charge in [-0.1, -0.05) is 18.2 Å². The number of carbonyl (C=O) groups excluding carboxylic acids is 1. The van der Waals surface area contributed by atoms with Gasteiger partial charge in [0.1, 0.15) is 12.1 Å². The van der Waals surface area contributed by atoms with Crippen LogP contribution in [0, 0.1) is 0 Å². The number of carbonyl (C=O) groups is 2. The smallest absolute Gasteiger partial charge is 0.339 e. The van der Waals surface area contributed by atoms with Crippen molar-refractivity contribution >= 4 is 11.9 Å². The van der Waals surface area contributed by atoms with Crippen molar-refractivity contribution in [1.82, 2.24) is 5.48 Å². The monoisotopic (exact) mass is 281 g/mol. The summed E-state index contributed by atoms with van der Waals surface area (Å²) >= 11 is 0. The Morgan fingerprint density at radius 3 is 2.50 bits per heavy atom. The molecule has 1 rings (SSSR count). The van der Waals surface area contributed by atoms with Crippen LogP contribution in [0.3, 0.4) is 0 Å². The van der Waals surface area contributed by atoms with Crippen LogP contribution in [-0.4, -0.2) is 29.2 Å². The van der Waals surface area contributed by atoms with E-state index in [4.69, 9.17) is 14.7 Å². The minimum Gasteiger partial charge on any atom is -0.480 e. The second kappa shape index (κ2) is 7.02. The van der Waals surface area contributed by atoms with Crippen LogP contribution in [0.25, 0.3) is 0 Å². The molecule has 1 aromatic carbocycles. The van der Waals surface area contributed by atoms with Gasteiger partial charge in [0.15, 0.2) is 0 Å². The number of carboxylic acid groups (broad SMARTS) is 1. The lowest BCUT2D eigenvalue weighted by Gasteiger charge is -2.20. The van der Waals surface area contributed by atoms with E-state index in [1.54, 1.807) is 45.0 Å². The highest BCUT2D eigenvalue weighted by atomic mass is 16.6. The summed E-state index contributed by atoms with van der Waals surface area (Å²) in [5, 5.41) is 8.46. The lowest BCUT2D eigenvalue weighted by molar-refractivity contribution is -0.139. The summed E-state index contributed by atoms with van der Waals surface area (Å²) in [5.74, 6) is -1.46. The number of carboxylic acids is 1. The number of hydrogen-bond acceptors (Lipinski definition) is 5. The first-order valence-electron chi connectivity index (χ1n) is 6.17. The molecule has 6 heteroatoms. The zero-order valence-electron chi connectivity index (χ0n) is 11.8. The molecule has 6 nitrogen and oxygen atoms in total. The number of rotatable bonds is 6. The highest BCUT2D eigenvalue weighted by molar-refractivity contribution is 5.91. The van der Waals surface area contributed by atoms with Crippen molar-refractivity contribution in [3.05, 3.63) is 35.4 Å². The molecule has 0 heterocycles. The van der Waals surface area contributed by atoms with Crippen molar-refractivity contribution in [3.63, 3.8) is 0 Å². The van der Waals surface area contributed by atoms with Gasteiger partial charge in [-0.3, -0.25) is 9.63 Å². The normalized spacial score (nSPS) is 11.2. The number of nitrogens with one attached hydrogen (secondary N) is 1. The van der Waals surface area contributed by atoms with Crippen LogP contribution in [0.4, 0.5) is 0 Å². The first-order chi connectivity index (χ1) is 9.29. The number of hydrogen-bond donors (Lipinski definition) is 2. The summed E-state index contributed by atoms with van der Waals surface area (Å²) < 4.78 is 5.30. The van der Waals surface area contributed by atoms with Crippen molar-refractivity contribution in [1.29, 1.82) is 0 Å². The van der Waals surface area contributed by atoms with E-state index >= 15 is 0 Å². The molecule has 0 bridgehead atoms. The molecule has 0 fully saturated rings. The standard InChI is InChI=1S/C14H19NO5/c1-14(2,3)20-13(18)11-7-5-4-6-10(11)9-19-15-8-12(16)17/h4-7,15H,8-9H2,1-3H3,(H,16,17). The lowest BCUT2D eigenvalue weighted by atomic mass is 10.1. The van der Waals surface area contributed by atoms with Gasteiger partial charge in [-0.05, 0) is 32.4 Å². The molecule has 0 amide bonds. The summed E-state index contributed by atoms with van der Waals surface area (Å²) in [6.07, 6.45) is 0. The van der Waals surface area contributed by atoms with Crippen LogP contribution in [-0.2, 0) is 21.0 Å². The van der Waals surface area contributed by atoms with Gasteiger partial charge >= 0.3 is 11.9 Å². The third-order valence-electron chi connectivity index (χ3n) is 2.19. The summed E-state index contributed by atoms with van der Waals surface area (Å²) in [7, 11) is 0. The van der Waals surface area contributed by atoms with Gasteiger partial charge in [0.25, 0.3) is 0 Å². The number of ether oxygens (including phenoxy) is 1. The van der Waals surface area contributed by atoms with Crippen molar-refractivity contribution < 1.29 is 24.3 Å². The van der Waals surface area contributed by atoms with E-state index in [0.29, 0.717) is 11.1 Å². The molecule has 20 heavy (non-hydrogen) atoms. The lowest BCUT2D eigenvalue weighted by Crippen LogP contribution is -2.25. The fourth-order valence-electron chi connectivity index (χ4n) is 1.42. The fourth-order valence-corrected chi connectivity index (χ4v) is 1.42. The molecular weight excluding hydrogens is 262 g/mol. The summed E-state index contributed by atoms with van der Waals surface area (Å²) in [6, 6.07) is 6.86. The van der Waals surface area contributed by atoms with Crippen LogP contribution in [0.15, 0.2) is 24.3 Å². The van der Waals surface area contributed by atoms with Crippen LogP contribution in [0.1, 0.15) is 36.7 Å². The molecule has 0 spiro atoms. The van der Waals surface area contributed by atoms with Crippen LogP contribution in [0.5, 0.6) is 0 Å². The molecule has 0 aliphatic heterocycles. The van der Waals surface area contributed by atoms with Gasteiger partial charge < -0.3 is 9.84 Å². The van der Waals surface area contributed by atoms with Crippen molar-refractivity contribution in [2.75, 3.05) is 6.54 Å². The SMILES string of the molecule is CC(C)(C)OC(=O)c1ccccc1CONCC(=O)O. The van der Waals surface area contributed by atoms with Crippen molar-refractivity contribution in [2.24, 2.45) is 0 Å². The Labute approximate surface area is 117 Å². The summed E-state index contributed by atoms with van der Waals surface area (Å²) in [6.45, 7) is 5.13. The molecule has 0 radical (unpaired) electrons. The highest BCUT2D eigenvalue weighted by Crippen LogP contribution is 2.16. The van der Waals surface area contributed by atoms with Crippen LogP contribution in [0.2, 0.25) is 0 Å². The molecule has 0 saturated carbocycles. The van der Waals surface area contributed by atoms with Crippen molar-refractivity contribution in [3.8, 4) is 0 Å². The molecule has 0 saturated heterocycles. The van der Waals surface area contributed by atoms with E-state index in [0.717, 1.165) is 0 Å².